The Morgan fingerprint density at radius 3 is 1.04 bits per heavy atom. The molecule has 0 saturated carbocycles. The largest absolute Gasteiger partial charge is 0.500 e. The van der Waals surface area contributed by atoms with Gasteiger partial charge < -0.3 is 36.0 Å². The molecule has 0 N–H and O–H groups in total. The van der Waals surface area contributed by atoms with Crippen LogP contribution in [0.1, 0.15) is 82.1 Å². The maximum absolute atomic E-state index is 13.0. The molecule has 0 aliphatic carbocycles. The van der Waals surface area contributed by atoms with Crippen molar-refractivity contribution in [3.63, 3.8) is 0 Å². The van der Waals surface area contributed by atoms with Crippen LogP contribution in [0.25, 0.3) is 0 Å². The van der Waals surface area contributed by atoms with E-state index in [1.807, 2.05) is 69.2 Å². The van der Waals surface area contributed by atoms with E-state index in [4.69, 9.17) is 36.0 Å². The highest BCUT2D eigenvalue weighted by atomic mass is 32.2. The number of esters is 2. The maximum Gasteiger partial charge on any atom is 0.500 e. The van der Waals surface area contributed by atoms with E-state index >= 15 is 0 Å². The van der Waals surface area contributed by atoms with E-state index < -0.39 is 27.1 Å². The Kier molecular flexibility index (Phi) is 20.5. The van der Waals surface area contributed by atoms with Crippen LogP contribution in [0, 0.1) is 0 Å². The molecule has 0 aromatic heterocycles. The topological polar surface area (TPSA) is 108 Å². The van der Waals surface area contributed by atoms with Crippen molar-refractivity contribution < 1.29 is 45.6 Å². The minimum atomic E-state index is -2.71. The Hall–Kier alpha value is -0.946. The van der Waals surface area contributed by atoms with Crippen LogP contribution in [0.4, 0.5) is 0 Å². The first-order valence-corrected chi connectivity index (χ1v) is 22.3. The lowest BCUT2D eigenvalue weighted by atomic mass is 10.2. The highest BCUT2D eigenvalue weighted by Gasteiger charge is 2.41. The van der Waals surface area contributed by atoms with Crippen LogP contribution in [0.3, 0.4) is 0 Å². The predicted octanol–water partition coefficient (Wildman–Crippen LogP) is 7.40. The van der Waals surface area contributed by atoms with Crippen molar-refractivity contribution in [2.75, 3.05) is 51.1 Å². The molecule has 0 amide bonds. The minimum Gasteiger partial charge on any atom is -0.426 e. The summed E-state index contributed by atoms with van der Waals surface area (Å²) in [5.74, 6) is 1.50. The van der Waals surface area contributed by atoms with Gasteiger partial charge in [-0.1, -0.05) is 0 Å². The van der Waals surface area contributed by atoms with Gasteiger partial charge in [0.15, 0.2) is 0 Å². The number of ether oxygens (including phenoxy) is 2. The van der Waals surface area contributed by atoms with Gasteiger partial charge >= 0.3 is 29.5 Å². The Balaban J connectivity index is 2.63. The Morgan fingerprint density at radius 2 is 0.804 bits per heavy atom. The molecule has 10 nitrogen and oxygen atoms in total. The summed E-state index contributed by atoms with van der Waals surface area (Å²) in [6.45, 7) is 22.2. The average molecular weight is 723 g/mol. The van der Waals surface area contributed by atoms with E-state index in [2.05, 4.69) is 0 Å². The zero-order valence-corrected chi connectivity index (χ0v) is 33.3. The van der Waals surface area contributed by atoms with E-state index in [9.17, 15) is 9.59 Å². The van der Waals surface area contributed by atoms with Crippen molar-refractivity contribution in [3.05, 3.63) is 24.3 Å². The molecule has 0 saturated heterocycles. The van der Waals surface area contributed by atoms with E-state index in [0.717, 1.165) is 24.3 Å². The number of thioether (sulfide) groups is 2. The summed E-state index contributed by atoms with van der Waals surface area (Å²) in [5, 5.41) is 0. The third-order valence-electron chi connectivity index (χ3n) is 6.59. The molecule has 0 unspecified atom stereocenters. The molecule has 0 radical (unpaired) electrons. The quantitative estimate of drug-likeness (QED) is 0.0412. The Labute approximate surface area is 288 Å². The molecule has 0 fully saturated rings. The van der Waals surface area contributed by atoms with Crippen molar-refractivity contribution in [2.45, 2.75) is 104 Å². The van der Waals surface area contributed by atoms with Crippen LogP contribution < -0.4 is 9.47 Å². The molecular formula is C32H58O10S2Si2. The van der Waals surface area contributed by atoms with Crippen LogP contribution in [0.2, 0.25) is 12.1 Å². The number of benzene rings is 1. The first-order valence-electron chi connectivity index (χ1n) is 16.4. The summed E-state index contributed by atoms with van der Waals surface area (Å²) in [6, 6.07) is 7.91. The molecule has 46 heavy (non-hydrogen) atoms. The zero-order chi connectivity index (χ0) is 34.7. The highest BCUT2D eigenvalue weighted by Crippen LogP contribution is 2.32. The molecule has 0 aliphatic rings. The summed E-state index contributed by atoms with van der Waals surface area (Å²) < 4.78 is 45.4. The summed E-state index contributed by atoms with van der Waals surface area (Å²) in [4.78, 5) is 26.0. The SMILES string of the molecule is CCO[Si](CCCSC(C)(C)C(=O)Oc1ccc(OC(=O)C(C)(C)SCCC[Si](OCC)(OCC)OCC)cc1)(OCC)OCC. The molecule has 0 aliphatic heterocycles. The van der Waals surface area contributed by atoms with Crippen molar-refractivity contribution in [2.24, 2.45) is 0 Å². The summed E-state index contributed by atoms with van der Waals surface area (Å²) >= 11 is 3.04. The van der Waals surface area contributed by atoms with Crippen LogP contribution in [-0.2, 0) is 36.1 Å². The number of carbonyl (C=O) groups excluding carboxylic acids is 2. The zero-order valence-electron chi connectivity index (χ0n) is 29.7. The van der Waals surface area contributed by atoms with Crippen LogP contribution in [0.5, 0.6) is 11.5 Å². The first kappa shape index (κ1) is 43.1. The molecule has 1 rings (SSSR count). The second-order valence-electron chi connectivity index (χ2n) is 11.1. The van der Waals surface area contributed by atoms with E-state index in [0.29, 0.717) is 63.2 Å². The molecule has 1 aromatic rings. The summed E-state index contributed by atoms with van der Waals surface area (Å²) in [5.41, 5.74) is 0. The molecule has 0 atom stereocenters. The van der Waals surface area contributed by atoms with Crippen LogP contribution in [0.15, 0.2) is 24.3 Å². The number of rotatable bonds is 26. The monoisotopic (exact) mass is 722 g/mol. The molecular weight excluding hydrogens is 665 g/mol. The normalized spacial score (nSPS) is 12.7. The lowest BCUT2D eigenvalue weighted by Crippen LogP contribution is -2.46. The fraction of sp³-hybridized carbons (Fsp3) is 0.750. The number of carbonyl (C=O) groups is 2. The molecule has 14 heteroatoms. The molecule has 0 spiro atoms. The lowest BCUT2D eigenvalue weighted by Gasteiger charge is -2.29. The van der Waals surface area contributed by atoms with Crippen LogP contribution >= 0.6 is 23.5 Å². The highest BCUT2D eigenvalue weighted by molar-refractivity contribution is 8.01. The molecule has 0 heterocycles. The van der Waals surface area contributed by atoms with Gasteiger partial charge in [0.1, 0.15) is 21.0 Å². The first-order chi connectivity index (χ1) is 21.8. The maximum atomic E-state index is 13.0. The Bertz CT molecular complexity index is 898. The van der Waals surface area contributed by atoms with Gasteiger partial charge in [0, 0.05) is 51.7 Å². The minimum absolute atomic E-state index is 0.354. The van der Waals surface area contributed by atoms with Crippen molar-refractivity contribution in [1.82, 2.24) is 0 Å². The molecule has 1 aromatic carbocycles. The third-order valence-corrected chi connectivity index (χ3v) is 15.7. The van der Waals surface area contributed by atoms with Gasteiger partial charge in [-0.15, -0.1) is 23.5 Å². The fourth-order valence-corrected chi connectivity index (χ4v) is 12.0. The smallest absolute Gasteiger partial charge is 0.426 e. The summed E-state index contributed by atoms with van der Waals surface area (Å²) in [7, 11) is -5.43. The molecule has 0 bridgehead atoms. The van der Waals surface area contributed by atoms with Gasteiger partial charge in [-0.05, 0) is 118 Å². The second-order valence-corrected chi connectivity index (χ2v) is 20.0. The van der Waals surface area contributed by atoms with E-state index in [1.165, 1.54) is 23.5 Å². The van der Waals surface area contributed by atoms with Crippen molar-refractivity contribution in [3.8, 4) is 11.5 Å². The van der Waals surface area contributed by atoms with E-state index in [-0.39, 0.29) is 11.9 Å². The second kappa shape index (κ2) is 21.9. The lowest BCUT2D eigenvalue weighted by molar-refractivity contribution is -0.137. The average Bonchev–Trinajstić information content (AvgIpc) is 2.99. The van der Waals surface area contributed by atoms with Gasteiger partial charge in [-0.25, -0.2) is 0 Å². The standard InChI is InChI=1S/C32H58O10S2Si2/c1-11-35-45(36-12-2,37-13-3)25-17-23-43-31(7,8)29(33)41-27-19-21-28(22-20-27)42-30(34)32(9,10)44-24-18-26-46(38-14-4,39-15-5)40-16-6/h19-22H,11-18,23-26H2,1-10H3. The van der Waals surface area contributed by atoms with Gasteiger partial charge in [0.05, 0.1) is 0 Å². The van der Waals surface area contributed by atoms with Gasteiger partial charge in [-0.2, -0.15) is 0 Å². The third kappa shape index (κ3) is 15.1. The molecule has 266 valence electrons. The predicted molar refractivity (Wildman–Crippen MR) is 191 cm³/mol. The van der Waals surface area contributed by atoms with Gasteiger partial charge in [0.2, 0.25) is 0 Å². The van der Waals surface area contributed by atoms with Gasteiger partial charge in [-0.3, -0.25) is 9.59 Å². The van der Waals surface area contributed by atoms with Crippen molar-refractivity contribution >= 4 is 53.1 Å². The summed E-state index contributed by atoms with van der Waals surface area (Å²) in [6.07, 6.45) is 1.58. The Morgan fingerprint density at radius 1 is 0.543 bits per heavy atom. The fourth-order valence-electron chi connectivity index (χ4n) is 4.39. The number of hydrogen-bond acceptors (Lipinski definition) is 12. The van der Waals surface area contributed by atoms with Gasteiger partial charge in [0.25, 0.3) is 0 Å². The van der Waals surface area contributed by atoms with E-state index in [1.54, 1.807) is 24.3 Å². The van der Waals surface area contributed by atoms with Crippen molar-refractivity contribution in [1.29, 1.82) is 0 Å². The van der Waals surface area contributed by atoms with Crippen LogP contribution in [-0.4, -0.2) is 90.2 Å². The number of hydrogen-bond donors (Lipinski definition) is 0.